The number of nitrogens with one attached hydrogen (secondary N) is 2. The monoisotopic (exact) mass is 330 g/mol. The summed E-state index contributed by atoms with van der Waals surface area (Å²) in [5, 5.41) is 3.28. The molecule has 1 aromatic carbocycles. The van der Waals surface area contributed by atoms with Crippen molar-refractivity contribution in [2.75, 3.05) is 19.3 Å². The van der Waals surface area contributed by atoms with E-state index in [0.717, 1.165) is 18.5 Å². The lowest BCUT2D eigenvalue weighted by molar-refractivity contribution is 0.570. The van der Waals surface area contributed by atoms with Gasteiger partial charge in [0.05, 0.1) is 4.90 Å². The zero-order valence-corrected chi connectivity index (χ0v) is 14.9. The Labute approximate surface area is 133 Å². The summed E-state index contributed by atoms with van der Waals surface area (Å²) >= 11 is 1.64. The molecular formula is C15H26N2O2S2. The van der Waals surface area contributed by atoms with Crippen LogP contribution < -0.4 is 10.0 Å². The average Bonchev–Trinajstić information content (AvgIpc) is 2.46. The minimum atomic E-state index is -3.45. The Kier molecular flexibility index (Phi) is 7.20. The highest BCUT2D eigenvalue weighted by molar-refractivity contribution is 8.00. The number of rotatable bonds is 9. The molecule has 0 atom stereocenters. The van der Waals surface area contributed by atoms with Gasteiger partial charge in [-0.15, -0.1) is 0 Å². The molecule has 4 nitrogen and oxygen atoms in total. The molecule has 0 aliphatic carbocycles. The molecule has 0 aliphatic heterocycles. The lowest BCUT2D eigenvalue weighted by Gasteiger charge is -2.22. The number of hydrogen-bond acceptors (Lipinski definition) is 4. The van der Waals surface area contributed by atoms with Gasteiger partial charge in [0.15, 0.2) is 0 Å². The predicted octanol–water partition coefficient (Wildman–Crippen LogP) is 2.61. The number of thioether (sulfide) groups is 1. The Morgan fingerprint density at radius 3 is 2.62 bits per heavy atom. The van der Waals surface area contributed by atoms with E-state index >= 15 is 0 Å². The van der Waals surface area contributed by atoms with E-state index in [-0.39, 0.29) is 4.75 Å². The van der Waals surface area contributed by atoms with Crippen molar-refractivity contribution >= 4 is 21.8 Å². The van der Waals surface area contributed by atoms with Crippen LogP contribution in [0.4, 0.5) is 0 Å². The van der Waals surface area contributed by atoms with Gasteiger partial charge in [-0.05, 0) is 50.8 Å². The molecule has 0 aromatic heterocycles. The first kappa shape index (κ1) is 18.5. The van der Waals surface area contributed by atoms with Gasteiger partial charge in [0.1, 0.15) is 0 Å². The van der Waals surface area contributed by atoms with Gasteiger partial charge < -0.3 is 5.32 Å². The van der Waals surface area contributed by atoms with Gasteiger partial charge in [0.25, 0.3) is 0 Å². The van der Waals surface area contributed by atoms with E-state index in [1.165, 1.54) is 0 Å². The normalized spacial score (nSPS) is 12.6. The van der Waals surface area contributed by atoms with E-state index in [1.54, 1.807) is 30.0 Å². The second-order valence-electron chi connectivity index (χ2n) is 5.61. The third kappa shape index (κ3) is 6.38. The quantitative estimate of drug-likeness (QED) is 0.683. The van der Waals surface area contributed by atoms with E-state index < -0.39 is 10.0 Å². The maximum atomic E-state index is 12.3. The molecule has 6 heteroatoms. The van der Waals surface area contributed by atoms with Gasteiger partial charge >= 0.3 is 0 Å². The van der Waals surface area contributed by atoms with Crippen LogP contribution >= 0.6 is 11.8 Å². The maximum Gasteiger partial charge on any atom is 0.240 e. The van der Waals surface area contributed by atoms with Crippen LogP contribution in [0.15, 0.2) is 29.2 Å². The molecule has 21 heavy (non-hydrogen) atoms. The zero-order valence-electron chi connectivity index (χ0n) is 13.3. The van der Waals surface area contributed by atoms with Gasteiger partial charge in [-0.25, -0.2) is 13.1 Å². The number of sulfonamides is 1. The summed E-state index contributed by atoms with van der Waals surface area (Å²) in [5.74, 6) is 0. The van der Waals surface area contributed by atoms with E-state index in [9.17, 15) is 8.42 Å². The number of benzene rings is 1. The SMILES string of the molecule is CCCNCc1cccc(S(=O)(=O)NCC(C)(C)SC)c1. The fourth-order valence-electron chi connectivity index (χ4n) is 1.66. The topological polar surface area (TPSA) is 58.2 Å². The van der Waals surface area contributed by atoms with Gasteiger partial charge in [-0.3, -0.25) is 0 Å². The molecule has 0 aliphatic rings. The molecule has 0 saturated carbocycles. The minimum Gasteiger partial charge on any atom is -0.313 e. The largest absolute Gasteiger partial charge is 0.313 e. The van der Waals surface area contributed by atoms with Gasteiger partial charge in [0, 0.05) is 17.8 Å². The Balaban J connectivity index is 2.76. The van der Waals surface area contributed by atoms with Gasteiger partial charge in [-0.1, -0.05) is 19.1 Å². The number of hydrogen-bond donors (Lipinski definition) is 2. The van der Waals surface area contributed by atoms with Crippen molar-refractivity contribution in [3.8, 4) is 0 Å². The first-order chi connectivity index (χ1) is 9.80. The summed E-state index contributed by atoms with van der Waals surface area (Å²) in [7, 11) is -3.45. The van der Waals surface area contributed by atoms with Crippen molar-refractivity contribution in [2.24, 2.45) is 0 Å². The van der Waals surface area contributed by atoms with Crippen molar-refractivity contribution in [3.63, 3.8) is 0 Å². The van der Waals surface area contributed by atoms with Crippen LogP contribution in [0.25, 0.3) is 0 Å². The molecular weight excluding hydrogens is 304 g/mol. The smallest absolute Gasteiger partial charge is 0.240 e. The summed E-state index contributed by atoms with van der Waals surface area (Å²) < 4.78 is 27.2. The van der Waals surface area contributed by atoms with Crippen molar-refractivity contribution in [2.45, 2.75) is 43.4 Å². The molecule has 1 rings (SSSR count). The standard InChI is InChI=1S/C15H26N2O2S2/c1-5-9-16-11-13-7-6-8-14(10-13)21(18,19)17-12-15(2,3)20-4/h6-8,10,16-17H,5,9,11-12H2,1-4H3. The van der Waals surface area contributed by atoms with E-state index in [4.69, 9.17) is 0 Å². The molecule has 0 bridgehead atoms. The molecule has 0 amide bonds. The fourth-order valence-corrected chi connectivity index (χ4v) is 3.25. The minimum absolute atomic E-state index is 0.118. The lowest BCUT2D eigenvalue weighted by Crippen LogP contribution is -2.36. The summed E-state index contributed by atoms with van der Waals surface area (Å²) in [5.41, 5.74) is 0.982. The van der Waals surface area contributed by atoms with Crippen molar-refractivity contribution in [1.29, 1.82) is 0 Å². The molecule has 0 unspecified atom stereocenters. The molecule has 0 radical (unpaired) electrons. The third-order valence-electron chi connectivity index (χ3n) is 3.21. The predicted molar refractivity (Wildman–Crippen MR) is 91.2 cm³/mol. The molecule has 0 heterocycles. The molecule has 0 fully saturated rings. The first-order valence-corrected chi connectivity index (χ1v) is 9.86. The van der Waals surface area contributed by atoms with Crippen LogP contribution in [0.2, 0.25) is 0 Å². The summed E-state index contributed by atoms with van der Waals surface area (Å²) in [6.07, 6.45) is 3.04. The highest BCUT2D eigenvalue weighted by Gasteiger charge is 2.21. The van der Waals surface area contributed by atoms with Crippen molar-refractivity contribution < 1.29 is 8.42 Å². The van der Waals surface area contributed by atoms with Crippen molar-refractivity contribution in [1.82, 2.24) is 10.0 Å². The van der Waals surface area contributed by atoms with Crippen molar-refractivity contribution in [3.05, 3.63) is 29.8 Å². The van der Waals surface area contributed by atoms with E-state index in [1.807, 2.05) is 26.2 Å². The highest BCUT2D eigenvalue weighted by Crippen LogP contribution is 2.21. The molecule has 1 aromatic rings. The first-order valence-electron chi connectivity index (χ1n) is 7.15. The zero-order chi connectivity index (χ0) is 15.9. The molecule has 0 spiro atoms. The van der Waals surface area contributed by atoms with Crippen LogP contribution in [0, 0.1) is 0 Å². The lowest BCUT2D eigenvalue weighted by atomic mass is 10.2. The Bertz CT molecular complexity index is 542. The summed E-state index contributed by atoms with van der Waals surface area (Å²) in [6.45, 7) is 8.17. The molecule has 120 valence electrons. The van der Waals surface area contributed by atoms with Gasteiger partial charge in [0.2, 0.25) is 10.0 Å². The van der Waals surface area contributed by atoms with Gasteiger partial charge in [-0.2, -0.15) is 11.8 Å². The van der Waals surface area contributed by atoms with Crippen LogP contribution in [0.1, 0.15) is 32.8 Å². The fraction of sp³-hybridized carbons (Fsp3) is 0.600. The van der Waals surface area contributed by atoms with Crippen LogP contribution in [0.5, 0.6) is 0 Å². The molecule has 2 N–H and O–H groups in total. The third-order valence-corrected chi connectivity index (χ3v) is 5.85. The van der Waals surface area contributed by atoms with E-state index in [0.29, 0.717) is 18.0 Å². The summed E-state index contributed by atoms with van der Waals surface area (Å²) in [4.78, 5) is 0.329. The second kappa shape index (κ2) is 8.17. The summed E-state index contributed by atoms with van der Waals surface area (Å²) in [6, 6.07) is 7.10. The maximum absolute atomic E-state index is 12.3. The Hall–Kier alpha value is -0.560. The molecule has 0 saturated heterocycles. The second-order valence-corrected chi connectivity index (χ2v) is 8.89. The highest BCUT2D eigenvalue weighted by atomic mass is 32.2. The Morgan fingerprint density at radius 1 is 1.29 bits per heavy atom. The average molecular weight is 331 g/mol. The van der Waals surface area contributed by atoms with E-state index in [2.05, 4.69) is 17.0 Å². The van der Waals surface area contributed by atoms with Crippen LogP contribution in [0.3, 0.4) is 0 Å². The Morgan fingerprint density at radius 2 is 2.00 bits per heavy atom. The van der Waals surface area contributed by atoms with Crippen LogP contribution in [-0.2, 0) is 16.6 Å². The van der Waals surface area contributed by atoms with Crippen LogP contribution in [-0.4, -0.2) is 32.5 Å².